The van der Waals surface area contributed by atoms with Crippen molar-refractivity contribution in [2.75, 3.05) is 31.1 Å². The molecule has 4 rings (SSSR count). The van der Waals surface area contributed by atoms with E-state index in [0.29, 0.717) is 13.1 Å². The lowest BCUT2D eigenvalue weighted by molar-refractivity contribution is 0.0751. The van der Waals surface area contributed by atoms with E-state index in [1.165, 1.54) is 16.8 Å². The molecule has 2 aromatic heterocycles. The predicted molar refractivity (Wildman–Crippen MR) is 104 cm³/mol. The van der Waals surface area contributed by atoms with Gasteiger partial charge in [0.25, 0.3) is 0 Å². The lowest BCUT2D eigenvalue weighted by atomic mass is 10.1. The zero-order valence-electron chi connectivity index (χ0n) is 16.1. The molecular formula is C20H25N5O2. The van der Waals surface area contributed by atoms with Crippen LogP contribution in [0.2, 0.25) is 0 Å². The summed E-state index contributed by atoms with van der Waals surface area (Å²) in [5.41, 5.74) is 5.87. The topological polar surface area (TPSA) is 63.5 Å². The number of nitrogens with zero attached hydrogens (tertiary/aromatic N) is 5. The monoisotopic (exact) mass is 367 g/mol. The van der Waals surface area contributed by atoms with Gasteiger partial charge in [-0.2, -0.15) is 5.10 Å². The molecule has 1 aliphatic heterocycles. The van der Waals surface area contributed by atoms with Gasteiger partial charge in [-0.3, -0.25) is 9.67 Å². The van der Waals surface area contributed by atoms with Crippen LogP contribution in [0.15, 0.2) is 24.7 Å². The van der Waals surface area contributed by atoms with E-state index in [2.05, 4.69) is 27.1 Å². The second kappa shape index (κ2) is 7.06. The van der Waals surface area contributed by atoms with Gasteiger partial charge >= 0.3 is 6.09 Å². The molecule has 1 saturated heterocycles. The van der Waals surface area contributed by atoms with Gasteiger partial charge in [-0.1, -0.05) is 0 Å². The summed E-state index contributed by atoms with van der Waals surface area (Å²) in [6.07, 6.45) is 8.57. The summed E-state index contributed by atoms with van der Waals surface area (Å²) in [4.78, 5) is 20.8. The third-order valence-electron chi connectivity index (χ3n) is 5.02. The van der Waals surface area contributed by atoms with Crippen molar-refractivity contribution in [2.24, 2.45) is 7.05 Å². The fraction of sp³-hybridized carbons (Fsp3) is 0.450. The van der Waals surface area contributed by atoms with Crippen LogP contribution < -0.4 is 4.90 Å². The van der Waals surface area contributed by atoms with Crippen LogP contribution in [0.4, 0.5) is 10.5 Å². The molecule has 1 fully saturated rings. The molecule has 27 heavy (non-hydrogen) atoms. The highest BCUT2D eigenvalue weighted by Gasteiger charge is 2.26. The molecular weight excluding hydrogens is 342 g/mol. The summed E-state index contributed by atoms with van der Waals surface area (Å²) in [7, 11) is 1.93. The minimum Gasteiger partial charge on any atom is -0.447 e. The van der Waals surface area contributed by atoms with Crippen LogP contribution in [-0.2, 0) is 18.2 Å². The Morgan fingerprint density at radius 2 is 2.00 bits per heavy atom. The zero-order valence-corrected chi connectivity index (χ0v) is 16.1. The first-order valence-electron chi connectivity index (χ1n) is 9.39. The number of aromatic nitrogens is 3. The second-order valence-corrected chi connectivity index (χ2v) is 7.35. The highest BCUT2D eigenvalue weighted by molar-refractivity contribution is 5.91. The number of hydrogen-bond acceptors (Lipinski definition) is 5. The van der Waals surface area contributed by atoms with Crippen molar-refractivity contribution in [3.8, 4) is 0 Å². The predicted octanol–water partition coefficient (Wildman–Crippen LogP) is 2.58. The number of piperazine rings is 1. The van der Waals surface area contributed by atoms with Gasteiger partial charge in [0, 0.05) is 68.9 Å². The molecule has 0 saturated carbocycles. The second-order valence-electron chi connectivity index (χ2n) is 7.35. The van der Waals surface area contributed by atoms with Crippen LogP contribution in [0.5, 0.6) is 0 Å². The minimum absolute atomic E-state index is 0.0879. The largest absolute Gasteiger partial charge is 0.447 e. The third kappa shape index (κ3) is 3.54. The Morgan fingerprint density at radius 3 is 2.67 bits per heavy atom. The Morgan fingerprint density at radius 1 is 1.22 bits per heavy atom. The molecule has 0 spiro atoms. The van der Waals surface area contributed by atoms with Crippen molar-refractivity contribution in [1.82, 2.24) is 19.7 Å². The maximum absolute atomic E-state index is 12.1. The number of anilines is 1. The van der Waals surface area contributed by atoms with E-state index < -0.39 is 0 Å². The van der Waals surface area contributed by atoms with E-state index >= 15 is 0 Å². The van der Waals surface area contributed by atoms with Crippen molar-refractivity contribution in [3.05, 3.63) is 41.5 Å². The first-order valence-corrected chi connectivity index (χ1v) is 9.39. The van der Waals surface area contributed by atoms with Gasteiger partial charge in [-0.25, -0.2) is 4.79 Å². The first-order chi connectivity index (χ1) is 13.0. The van der Waals surface area contributed by atoms with Crippen LogP contribution in [-0.4, -0.2) is 58.0 Å². The van der Waals surface area contributed by atoms with Gasteiger partial charge in [0.15, 0.2) is 0 Å². The number of ether oxygens (including phenoxy) is 1. The minimum atomic E-state index is -0.219. The normalized spacial score (nSPS) is 16.5. The summed E-state index contributed by atoms with van der Waals surface area (Å²) in [5.74, 6) is 0. The van der Waals surface area contributed by atoms with E-state index in [0.717, 1.165) is 30.8 Å². The third-order valence-corrected chi connectivity index (χ3v) is 5.02. The van der Waals surface area contributed by atoms with Gasteiger partial charge in [0.1, 0.15) is 0 Å². The van der Waals surface area contributed by atoms with Crippen molar-refractivity contribution >= 4 is 23.4 Å². The highest BCUT2D eigenvalue weighted by atomic mass is 16.6. The Kier molecular flexibility index (Phi) is 4.59. The van der Waals surface area contributed by atoms with E-state index in [1.807, 2.05) is 44.2 Å². The number of fused-ring (bicyclic) bond motifs is 1. The number of hydrogen-bond donors (Lipinski definition) is 0. The number of rotatable bonds is 3. The van der Waals surface area contributed by atoms with Gasteiger partial charge in [-0.15, -0.1) is 0 Å². The van der Waals surface area contributed by atoms with E-state index in [9.17, 15) is 4.79 Å². The maximum Gasteiger partial charge on any atom is 0.410 e. The van der Waals surface area contributed by atoms with Crippen molar-refractivity contribution in [2.45, 2.75) is 26.4 Å². The van der Waals surface area contributed by atoms with Crippen LogP contribution >= 0.6 is 0 Å². The van der Waals surface area contributed by atoms with Crippen molar-refractivity contribution in [1.29, 1.82) is 0 Å². The summed E-state index contributed by atoms with van der Waals surface area (Å²) < 4.78 is 7.13. The highest BCUT2D eigenvalue weighted by Crippen LogP contribution is 2.36. The summed E-state index contributed by atoms with van der Waals surface area (Å²) in [6, 6.07) is 2.07. The smallest absolute Gasteiger partial charge is 0.410 e. The molecule has 1 aliphatic carbocycles. The first kappa shape index (κ1) is 17.6. The van der Waals surface area contributed by atoms with Gasteiger partial charge < -0.3 is 14.5 Å². The van der Waals surface area contributed by atoms with Crippen molar-refractivity contribution < 1.29 is 9.53 Å². The van der Waals surface area contributed by atoms with Crippen LogP contribution in [0.25, 0.3) is 11.6 Å². The fourth-order valence-electron chi connectivity index (χ4n) is 3.66. The zero-order chi connectivity index (χ0) is 19.0. The van der Waals surface area contributed by atoms with Crippen LogP contribution in [0.1, 0.15) is 30.7 Å². The van der Waals surface area contributed by atoms with E-state index in [-0.39, 0.29) is 12.2 Å². The van der Waals surface area contributed by atoms with E-state index in [1.54, 1.807) is 4.90 Å². The number of pyridine rings is 1. The van der Waals surface area contributed by atoms with Gasteiger partial charge in [0.2, 0.25) is 0 Å². The Balaban J connectivity index is 1.50. The lowest BCUT2D eigenvalue weighted by Gasteiger charge is -2.36. The molecule has 0 radical (unpaired) electrons. The molecule has 0 N–H and O–H groups in total. The fourth-order valence-corrected chi connectivity index (χ4v) is 3.66. The molecule has 7 nitrogen and oxygen atoms in total. The molecule has 7 heteroatoms. The molecule has 1 amide bonds. The lowest BCUT2D eigenvalue weighted by Crippen LogP contribution is -2.49. The SMILES string of the molecule is CC(C)OC(=O)N1CCN(c2ccnc3c2C=C(c2cnn(C)c2)C3)CC1. The number of aryl methyl sites for hydroxylation is 1. The molecule has 0 aromatic carbocycles. The van der Waals surface area contributed by atoms with Crippen LogP contribution in [0.3, 0.4) is 0 Å². The summed E-state index contributed by atoms with van der Waals surface area (Å²) in [5, 5.41) is 4.28. The molecule has 0 bridgehead atoms. The standard InChI is InChI=1S/C20H25N5O2/c1-14(2)27-20(26)25-8-6-24(7-9-25)19-4-5-21-18-11-15(10-17(18)19)16-12-22-23(3)13-16/h4-5,10,12-14H,6-9,11H2,1-3H3. The maximum atomic E-state index is 12.1. The summed E-state index contributed by atoms with van der Waals surface area (Å²) >= 11 is 0. The molecule has 2 aliphatic rings. The number of amides is 1. The van der Waals surface area contributed by atoms with Crippen molar-refractivity contribution in [3.63, 3.8) is 0 Å². The number of carbonyl (C=O) groups excluding carboxylic acids is 1. The quantitative estimate of drug-likeness (QED) is 0.834. The Hall–Kier alpha value is -2.83. The average Bonchev–Trinajstić information content (AvgIpc) is 3.27. The number of allylic oxidation sites excluding steroid dienone is 1. The van der Waals surface area contributed by atoms with Gasteiger partial charge in [-0.05, 0) is 31.6 Å². The molecule has 0 unspecified atom stereocenters. The Bertz CT molecular complexity index is 878. The van der Waals surface area contributed by atoms with Gasteiger partial charge in [0.05, 0.1) is 18.0 Å². The molecule has 3 heterocycles. The number of carbonyl (C=O) groups is 1. The van der Waals surface area contributed by atoms with Crippen LogP contribution in [0, 0.1) is 0 Å². The molecule has 2 aromatic rings. The molecule has 142 valence electrons. The summed E-state index contributed by atoms with van der Waals surface area (Å²) in [6.45, 7) is 6.67. The molecule has 0 atom stereocenters. The Labute approximate surface area is 159 Å². The van der Waals surface area contributed by atoms with E-state index in [4.69, 9.17) is 4.74 Å². The average molecular weight is 367 g/mol.